The van der Waals surface area contributed by atoms with E-state index in [-0.39, 0.29) is 31.0 Å². The van der Waals surface area contributed by atoms with E-state index in [1.54, 1.807) is 24.3 Å². The number of ether oxygens (including phenoxy) is 1. The third-order valence-corrected chi connectivity index (χ3v) is 1.02. The molecule has 0 saturated carbocycles. The minimum Gasteiger partial charge on any atom is -1.00 e. The molecule has 4 heteroatoms. The predicted octanol–water partition coefficient (Wildman–Crippen LogP) is -0.459. The molecule has 0 bridgehead atoms. The summed E-state index contributed by atoms with van der Waals surface area (Å²) in [6.45, 7) is 0. The molecule has 1 aromatic rings. The zero-order chi connectivity index (χ0) is 7.40. The minimum atomic E-state index is -0.814. The van der Waals surface area contributed by atoms with E-state index < -0.39 is 5.43 Å². The molecule has 0 amide bonds. The second-order valence-corrected chi connectivity index (χ2v) is 1.96. The molecule has 0 aromatic heterocycles. The molecule has 2 nitrogen and oxygen atoms in total. The normalized spacial score (nSPS) is 8.09. The van der Waals surface area contributed by atoms with E-state index >= 15 is 0 Å². The second kappa shape index (κ2) is 5.61. The minimum absolute atomic E-state index is 0. The summed E-state index contributed by atoms with van der Waals surface area (Å²) in [7, 11) is 0. The Bertz CT molecular complexity index is 230. The van der Waals surface area contributed by atoms with Crippen LogP contribution in [0.25, 0.3) is 0 Å². The first-order chi connectivity index (χ1) is 4.79. The summed E-state index contributed by atoms with van der Waals surface area (Å²) in [6.07, 6.45) is 0. The van der Waals surface area contributed by atoms with Crippen molar-refractivity contribution in [3.05, 3.63) is 30.3 Å². The fourth-order valence-corrected chi connectivity index (χ4v) is 0.670. The Balaban J connectivity index is 0. The van der Waals surface area contributed by atoms with Gasteiger partial charge in [-0.05, 0) is 12.1 Å². The van der Waals surface area contributed by atoms with Crippen LogP contribution in [0.15, 0.2) is 30.3 Å². The zero-order valence-electron chi connectivity index (χ0n) is 7.08. The Labute approximate surface area is 93.3 Å². The van der Waals surface area contributed by atoms with Crippen molar-refractivity contribution in [3.8, 4) is 5.75 Å². The van der Waals surface area contributed by atoms with E-state index in [2.05, 4.69) is 4.74 Å². The van der Waals surface area contributed by atoms with Crippen LogP contribution in [0.1, 0.15) is 1.43 Å². The molecule has 0 atom stereocenters. The van der Waals surface area contributed by atoms with Gasteiger partial charge in [0.25, 0.3) is 0 Å². The molecule has 0 unspecified atom stereocenters. The van der Waals surface area contributed by atoms with Crippen LogP contribution in [0.4, 0.5) is 4.79 Å². The Hall–Kier alpha value is -0.0200. The van der Waals surface area contributed by atoms with Gasteiger partial charge in [-0.25, -0.2) is 4.79 Å². The van der Waals surface area contributed by atoms with Crippen LogP contribution in [0.2, 0.25) is 0 Å². The molecule has 1 aromatic carbocycles. The van der Waals surface area contributed by atoms with Crippen LogP contribution in [0.5, 0.6) is 5.75 Å². The van der Waals surface area contributed by atoms with E-state index in [4.69, 9.17) is 11.6 Å². The van der Waals surface area contributed by atoms with Crippen molar-refractivity contribution in [2.24, 2.45) is 0 Å². The second-order valence-electron chi connectivity index (χ2n) is 1.65. The number of rotatable bonds is 1. The molecule has 0 fully saturated rings. The molecule has 0 heterocycles. The number of benzene rings is 1. The quantitative estimate of drug-likeness (QED) is 0.432. The zero-order valence-corrected chi connectivity index (χ0v) is 8.84. The van der Waals surface area contributed by atoms with Crippen LogP contribution >= 0.6 is 11.6 Å². The topological polar surface area (TPSA) is 26.3 Å². The molecule has 11 heavy (non-hydrogen) atoms. The molecule has 0 radical (unpaired) electrons. The van der Waals surface area contributed by atoms with Gasteiger partial charge < -0.3 is 6.16 Å². The van der Waals surface area contributed by atoms with Gasteiger partial charge in [-0.2, -0.15) is 0 Å². The predicted molar refractivity (Wildman–Crippen MR) is 39.4 cm³/mol. The van der Waals surface area contributed by atoms with E-state index in [9.17, 15) is 4.79 Å². The average Bonchev–Trinajstić information content (AvgIpc) is 1.88. The summed E-state index contributed by atoms with van der Waals surface area (Å²) in [4.78, 5) is 10.2. The maximum atomic E-state index is 10.2. The van der Waals surface area contributed by atoms with Crippen LogP contribution in [0.3, 0.4) is 0 Å². The molecular formula is C7H6ClNaO2. The van der Waals surface area contributed by atoms with Gasteiger partial charge in [0.05, 0.1) is 0 Å². The van der Waals surface area contributed by atoms with E-state index in [0.717, 1.165) is 0 Å². The first-order valence-corrected chi connectivity index (χ1v) is 3.09. The summed E-state index contributed by atoms with van der Waals surface area (Å²) in [5.41, 5.74) is -0.814. The van der Waals surface area contributed by atoms with Gasteiger partial charge in [0, 0.05) is 11.6 Å². The summed E-state index contributed by atoms with van der Waals surface area (Å²) < 4.78 is 4.54. The maximum Gasteiger partial charge on any atom is 1.00 e. The summed E-state index contributed by atoms with van der Waals surface area (Å²) in [5.74, 6) is 0.461. The van der Waals surface area contributed by atoms with Crippen molar-refractivity contribution < 1.29 is 40.5 Å². The fraction of sp³-hybridized carbons (Fsp3) is 0. The Morgan fingerprint density at radius 2 is 1.91 bits per heavy atom. The number of para-hydroxylation sites is 1. The van der Waals surface area contributed by atoms with E-state index in [1.807, 2.05) is 6.07 Å². The fourth-order valence-electron chi connectivity index (χ4n) is 0.581. The molecule has 0 aliphatic rings. The number of carbonyl (C=O) groups is 1. The van der Waals surface area contributed by atoms with Crippen LogP contribution in [-0.2, 0) is 0 Å². The Morgan fingerprint density at radius 1 is 1.36 bits per heavy atom. The third-order valence-electron chi connectivity index (χ3n) is 0.941. The van der Waals surface area contributed by atoms with Crippen molar-refractivity contribution in [3.63, 3.8) is 0 Å². The van der Waals surface area contributed by atoms with Crippen LogP contribution < -0.4 is 34.3 Å². The van der Waals surface area contributed by atoms with E-state index in [0.29, 0.717) is 5.75 Å². The van der Waals surface area contributed by atoms with Gasteiger partial charge >= 0.3 is 35.0 Å². The Morgan fingerprint density at radius 3 is 2.36 bits per heavy atom. The maximum absolute atomic E-state index is 10.2. The molecule has 54 valence electrons. The van der Waals surface area contributed by atoms with Gasteiger partial charge in [0.2, 0.25) is 0 Å². The van der Waals surface area contributed by atoms with Crippen molar-refractivity contribution in [2.75, 3.05) is 0 Å². The number of hydrogen-bond donors (Lipinski definition) is 0. The van der Waals surface area contributed by atoms with Gasteiger partial charge in [-0.1, -0.05) is 18.2 Å². The smallest absolute Gasteiger partial charge is 1.00 e. The van der Waals surface area contributed by atoms with Crippen molar-refractivity contribution in [1.82, 2.24) is 0 Å². The number of halogens is 1. The first-order valence-electron chi connectivity index (χ1n) is 2.71. The average molecular weight is 181 g/mol. The monoisotopic (exact) mass is 180 g/mol. The largest absolute Gasteiger partial charge is 1.00 e. The van der Waals surface area contributed by atoms with Gasteiger partial charge in [-0.3, -0.25) is 0 Å². The number of carbonyl (C=O) groups excluding carboxylic acids is 1. The SMILES string of the molecule is O=C(Cl)Oc1ccccc1.[H-].[Na+]. The molecule has 0 aliphatic carbocycles. The summed E-state index contributed by atoms with van der Waals surface area (Å²) in [6, 6.07) is 8.65. The molecule has 1 rings (SSSR count). The summed E-state index contributed by atoms with van der Waals surface area (Å²) in [5, 5.41) is 0. The van der Waals surface area contributed by atoms with Gasteiger partial charge in [0.15, 0.2) is 0 Å². The number of hydrogen-bond acceptors (Lipinski definition) is 2. The third kappa shape index (κ3) is 4.43. The first kappa shape index (κ1) is 11.0. The Kier molecular flexibility index (Phi) is 5.60. The van der Waals surface area contributed by atoms with Gasteiger partial charge in [0.1, 0.15) is 5.75 Å². The van der Waals surface area contributed by atoms with Gasteiger partial charge in [-0.15, -0.1) is 0 Å². The van der Waals surface area contributed by atoms with E-state index in [1.165, 1.54) is 0 Å². The molecular weight excluding hydrogens is 175 g/mol. The standard InChI is InChI=1S/C7H5ClO2.Na.H/c8-7(9)10-6-4-2-1-3-5-6;;/h1-5H;;/q;+1;-1. The molecule has 0 aliphatic heterocycles. The molecule has 0 N–H and O–H groups in total. The van der Waals surface area contributed by atoms with Crippen molar-refractivity contribution >= 4 is 17.0 Å². The van der Waals surface area contributed by atoms with Crippen molar-refractivity contribution in [1.29, 1.82) is 0 Å². The summed E-state index contributed by atoms with van der Waals surface area (Å²) >= 11 is 4.95. The van der Waals surface area contributed by atoms with Crippen LogP contribution in [-0.4, -0.2) is 5.43 Å². The molecule has 0 spiro atoms. The van der Waals surface area contributed by atoms with Crippen LogP contribution in [0, 0.1) is 0 Å². The molecule has 0 saturated heterocycles. The van der Waals surface area contributed by atoms with Crippen molar-refractivity contribution in [2.45, 2.75) is 0 Å².